The lowest BCUT2D eigenvalue weighted by molar-refractivity contribution is -0.117. The highest BCUT2D eigenvalue weighted by atomic mass is 16.2. The highest BCUT2D eigenvalue weighted by molar-refractivity contribution is 5.97. The molecule has 0 saturated carbocycles. The second kappa shape index (κ2) is 4.80. The molecule has 2 rings (SSSR count). The molecular weight excluding hydrogens is 232 g/mol. The Hall–Kier alpha value is -1.85. The van der Waals surface area contributed by atoms with E-state index >= 15 is 0 Å². The third kappa shape index (κ3) is 2.23. The van der Waals surface area contributed by atoms with Gasteiger partial charge in [-0.15, -0.1) is 0 Å². The van der Waals surface area contributed by atoms with Gasteiger partial charge in [0, 0.05) is 25.5 Å². The molecule has 0 unspecified atom stereocenters. The number of nitrogens with one attached hydrogen (secondary N) is 2. The Morgan fingerprint density at radius 1 is 1.61 bits per heavy atom. The lowest BCUT2D eigenvalue weighted by atomic mass is 9.95. The Labute approximate surface area is 106 Å². The number of anilines is 2. The van der Waals surface area contributed by atoms with E-state index in [1.165, 1.54) is 0 Å². The summed E-state index contributed by atoms with van der Waals surface area (Å²) in [5.74, 6) is 1.27. The fraction of sp³-hybridized carbons (Fsp3) is 0.583. The lowest BCUT2D eigenvalue weighted by Crippen LogP contribution is -2.23. The quantitative estimate of drug-likeness (QED) is 0.855. The predicted molar refractivity (Wildman–Crippen MR) is 68.4 cm³/mol. The van der Waals surface area contributed by atoms with E-state index in [0.717, 1.165) is 12.0 Å². The molecule has 1 atom stereocenters. The number of aryl methyl sites for hydroxylation is 1. The summed E-state index contributed by atoms with van der Waals surface area (Å²) in [6.07, 6.45) is 1.70. The van der Waals surface area contributed by atoms with Crippen LogP contribution in [0.1, 0.15) is 44.6 Å². The Bertz CT molecular complexity index is 493. The molecule has 0 fully saturated rings. The van der Waals surface area contributed by atoms with Gasteiger partial charge < -0.3 is 10.6 Å². The summed E-state index contributed by atoms with van der Waals surface area (Å²) in [7, 11) is 1.76. The number of carbonyl (C=O) groups is 2. The number of nitrogens with zero attached hydrogens (tertiary/aromatic N) is 2. The molecule has 1 aromatic heterocycles. The van der Waals surface area contributed by atoms with Gasteiger partial charge in [-0.25, -0.2) is 0 Å². The first-order valence-electron chi connectivity index (χ1n) is 6.19. The SMILES string of the molecule is CCCC(=O)Nc1nn(C)c2c1[C@H](C)CC(=O)N2. The molecule has 2 heterocycles. The van der Waals surface area contributed by atoms with Crippen molar-refractivity contribution in [1.82, 2.24) is 9.78 Å². The summed E-state index contributed by atoms with van der Waals surface area (Å²) in [6.45, 7) is 3.92. The minimum atomic E-state index is -0.0394. The van der Waals surface area contributed by atoms with Crippen molar-refractivity contribution in [3.8, 4) is 0 Å². The van der Waals surface area contributed by atoms with Gasteiger partial charge in [0.15, 0.2) is 5.82 Å². The van der Waals surface area contributed by atoms with Crippen LogP contribution in [0.15, 0.2) is 0 Å². The van der Waals surface area contributed by atoms with E-state index in [1.54, 1.807) is 11.7 Å². The first kappa shape index (κ1) is 12.6. The zero-order valence-corrected chi connectivity index (χ0v) is 10.9. The van der Waals surface area contributed by atoms with Crippen molar-refractivity contribution in [2.75, 3.05) is 10.6 Å². The topological polar surface area (TPSA) is 76.0 Å². The van der Waals surface area contributed by atoms with E-state index in [4.69, 9.17) is 0 Å². The van der Waals surface area contributed by atoms with Gasteiger partial charge in [0.1, 0.15) is 5.82 Å². The maximum absolute atomic E-state index is 11.6. The van der Waals surface area contributed by atoms with Crippen LogP contribution in [-0.4, -0.2) is 21.6 Å². The Kier molecular flexibility index (Phi) is 3.36. The van der Waals surface area contributed by atoms with Gasteiger partial charge in [0.05, 0.1) is 0 Å². The molecule has 2 amide bonds. The predicted octanol–water partition coefficient (Wildman–Crippen LogP) is 1.60. The summed E-state index contributed by atoms with van der Waals surface area (Å²) in [5.41, 5.74) is 0.918. The lowest BCUT2D eigenvalue weighted by Gasteiger charge is -2.20. The Balaban J connectivity index is 2.30. The van der Waals surface area contributed by atoms with Crippen molar-refractivity contribution in [1.29, 1.82) is 0 Å². The van der Waals surface area contributed by atoms with E-state index in [9.17, 15) is 9.59 Å². The first-order chi connectivity index (χ1) is 8.52. The van der Waals surface area contributed by atoms with Crippen LogP contribution in [0.3, 0.4) is 0 Å². The minimum Gasteiger partial charge on any atom is -0.311 e. The standard InChI is InChI=1S/C12H18N4O2/c1-4-5-8(17)13-11-10-7(2)6-9(18)14-12(10)16(3)15-11/h7H,4-6H2,1-3H3,(H,14,18)(H,13,15,17)/t7-/m1/s1. The molecule has 1 aliphatic heterocycles. The zero-order chi connectivity index (χ0) is 13.3. The number of aromatic nitrogens is 2. The zero-order valence-electron chi connectivity index (χ0n) is 10.9. The van der Waals surface area contributed by atoms with E-state index in [1.807, 2.05) is 13.8 Å². The van der Waals surface area contributed by atoms with E-state index in [-0.39, 0.29) is 17.7 Å². The van der Waals surface area contributed by atoms with Crippen LogP contribution >= 0.6 is 0 Å². The van der Waals surface area contributed by atoms with Gasteiger partial charge in [-0.3, -0.25) is 14.3 Å². The first-order valence-corrected chi connectivity index (χ1v) is 6.19. The van der Waals surface area contributed by atoms with Crippen LogP contribution in [0.2, 0.25) is 0 Å². The van der Waals surface area contributed by atoms with Crippen LogP contribution in [0.4, 0.5) is 11.6 Å². The maximum Gasteiger partial charge on any atom is 0.226 e. The van der Waals surface area contributed by atoms with Gasteiger partial charge in [-0.2, -0.15) is 5.10 Å². The molecular formula is C12H18N4O2. The van der Waals surface area contributed by atoms with Crippen molar-refractivity contribution in [2.45, 2.75) is 39.0 Å². The Morgan fingerprint density at radius 2 is 2.33 bits per heavy atom. The fourth-order valence-corrected chi connectivity index (χ4v) is 2.23. The molecule has 1 aliphatic rings. The average Bonchev–Trinajstić information content (AvgIpc) is 2.55. The van der Waals surface area contributed by atoms with Crippen LogP contribution < -0.4 is 10.6 Å². The van der Waals surface area contributed by atoms with Crippen molar-refractivity contribution in [3.63, 3.8) is 0 Å². The molecule has 2 N–H and O–H groups in total. The van der Waals surface area contributed by atoms with Crippen molar-refractivity contribution >= 4 is 23.5 Å². The second-order valence-electron chi connectivity index (χ2n) is 4.69. The van der Waals surface area contributed by atoms with Crippen LogP contribution in [0, 0.1) is 0 Å². The second-order valence-corrected chi connectivity index (χ2v) is 4.69. The highest BCUT2D eigenvalue weighted by Gasteiger charge is 2.29. The normalized spacial score (nSPS) is 18.2. The molecule has 0 radical (unpaired) electrons. The fourth-order valence-electron chi connectivity index (χ4n) is 2.23. The summed E-state index contributed by atoms with van der Waals surface area (Å²) in [5, 5.41) is 9.88. The molecule has 98 valence electrons. The van der Waals surface area contributed by atoms with Crippen LogP contribution in [0.25, 0.3) is 0 Å². The number of fused-ring (bicyclic) bond motifs is 1. The summed E-state index contributed by atoms with van der Waals surface area (Å²) in [6, 6.07) is 0. The van der Waals surface area contributed by atoms with Crippen molar-refractivity contribution in [3.05, 3.63) is 5.56 Å². The van der Waals surface area contributed by atoms with Gasteiger partial charge in [0.2, 0.25) is 11.8 Å². The Morgan fingerprint density at radius 3 is 3.00 bits per heavy atom. The molecule has 18 heavy (non-hydrogen) atoms. The third-order valence-corrected chi connectivity index (χ3v) is 3.06. The average molecular weight is 250 g/mol. The molecule has 6 nitrogen and oxygen atoms in total. The number of hydrogen-bond acceptors (Lipinski definition) is 3. The number of amides is 2. The highest BCUT2D eigenvalue weighted by Crippen LogP contribution is 2.36. The molecule has 6 heteroatoms. The smallest absolute Gasteiger partial charge is 0.226 e. The van der Waals surface area contributed by atoms with Crippen LogP contribution in [0.5, 0.6) is 0 Å². The third-order valence-electron chi connectivity index (χ3n) is 3.06. The van der Waals surface area contributed by atoms with Gasteiger partial charge in [-0.1, -0.05) is 13.8 Å². The van der Waals surface area contributed by atoms with Gasteiger partial charge in [0.25, 0.3) is 0 Å². The van der Waals surface area contributed by atoms with E-state index < -0.39 is 0 Å². The largest absolute Gasteiger partial charge is 0.311 e. The van der Waals surface area contributed by atoms with E-state index in [0.29, 0.717) is 24.5 Å². The van der Waals surface area contributed by atoms with Crippen molar-refractivity contribution < 1.29 is 9.59 Å². The minimum absolute atomic E-state index is 0.00978. The molecule has 0 spiro atoms. The van der Waals surface area contributed by atoms with E-state index in [2.05, 4.69) is 15.7 Å². The van der Waals surface area contributed by atoms with Gasteiger partial charge in [-0.05, 0) is 12.3 Å². The summed E-state index contributed by atoms with van der Waals surface area (Å²) >= 11 is 0. The molecule has 0 saturated heterocycles. The molecule has 1 aromatic rings. The molecule has 0 aliphatic carbocycles. The summed E-state index contributed by atoms with van der Waals surface area (Å²) < 4.78 is 1.60. The molecule has 0 aromatic carbocycles. The summed E-state index contributed by atoms with van der Waals surface area (Å²) in [4.78, 5) is 23.1. The monoisotopic (exact) mass is 250 g/mol. The maximum atomic E-state index is 11.6. The van der Waals surface area contributed by atoms with Gasteiger partial charge >= 0.3 is 0 Å². The number of rotatable bonds is 3. The molecule has 0 bridgehead atoms. The number of carbonyl (C=O) groups excluding carboxylic acids is 2. The van der Waals surface area contributed by atoms with Crippen LogP contribution in [-0.2, 0) is 16.6 Å². The number of hydrogen-bond donors (Lipinski definition) is 2. The van der Waals surface area contributed by atoms with Crippen molar-refractivity contribution in [2.24, 2.45) is 7.05 Å².